The molecule has 0 radical (unpaired) electrons. The molecule has 106 valence electrons. The van der Waals surface area contributed by atoms with Crippen molar-refractivity contribution in [2.24, 2.45) is 0 Å². The Morgan fingerprint density at radius 3 is 2.62 bits per heavy atom. The smallest absolute Gasteiger partial charge is 0.270 e. The number of aromatic nitrogens is 3. The van der Waals surface area contributed by atoms with Gasteiger partial charge in [0.2, 0.25) is 5.91 Å². The lowest BCUT2D eigenvalue weighted by atomic mass is 10.1. The molecule has 3 rings (SSSR count). The molecule has 0 unspecified atom stereocenters. The molecule has 0 aliphatic carbocycles. The van der Waals surface area contributed by atoms with Gasteiger partial charge in [0.15, 0.2) is 11.0 Å². The number of anilines is 1. The summed E-state index contributed by atoms with van der Waals surface area (Å²) in [5.74, 6) is 0.788. The van der Waals surface area contributed by atoms with E-state index in [4.69, 9.17) is 4.52 Å². The number of carbonyl (C=O) groups excluding carboxylic acids is 1. The van der Waals surface area contributed by atoms with E-state index in [2.05, 4.69) is 20.4 Å². The summed E-state index contributed by atoms with van der Waals surface area (Å²) in [5, 5.41) is 7.00. The Kier molecular flexibility index (Phi) is 3.49. The number of benzene rings is 1. The number of thiazole rings is 1. The molecule has 21 heavy (non-hydrogen) atoms. The first kappa shape index (κ1) is 13.4. The van der Waals surface area contributed by atoms with Crippen LogP contribution in [0, 0.1) is 6.92 Å². The highest BCUT2D eigenvalue weighted by molar-refractivity contribution is 7.19. The highest BCUT2D eigenvalue weighted by Gasteiger charge is 2.19. The van der Waals surface area contributed by atoms with Gasteiger partial charge in [-0.25, -0.2) is 4.98 Å². The standard InChI is InChI=1S/C14H12N4O2S/c1-8-15-13(20-18-8)12-11(10-6-4-3-5-7-10)17-14(21-12)16-9(2)19/h3-7H,1-2H3,(H,16,17,19). The summed E-state index contributed by atoms with van der Waals surface area (Å²) < 4.78 is 5.23. The van der Waals surface area contributed by atoms with E-state index in [9.17, 15) is 4.79 Å². The maximum absolute atomic E-state index is 11.2. The summed E-state index contributed by atoms with van der Waals surface area (Å²) in [7, 11) is 0. The summed E-state index contributed by atoms with van der Waals surface area (Å²) in [6, 6.07) is 9.67. The van der Waals surface area contributed by atoms with Crippen LogP contribution in [0.3, 0.4) is 0 Å². The normalized spacial score (nSPS) is 10.6. The number of rotatable bonds is 3. The SMILES string of the molecule is CC(=O)Nc1nc(-c2ccccc2)c(-c2nc(C)no2)s1. The first-order valence-corrected chi connectivity index (χ1v) is 7.09. The number of hydrogen-bond donors (Lipinski definition) is 1. The Morgan fingerprint density at radius 1 is 1.24 bits per heavy atom. The number of nitrogens with one attached hydrogen (secondary N) is 1. The van der Waals surface area contributed by atoms with E-state index < -0.39 is 0 Å². The van der Waals surface area contributed by atoms with Gasteiger partial charge in [-0.15, -0.1) is 0 Å². The van der Waals surface area contributed by atoms with Gasteiger partial charge in [0, 0.05) is 12.5 Å². The molecule has 1 N–H and O–H groups in total. The van der Waals surface area contributed by atoms with E-state index in [0.29, 0.717) is 22.5 Å². The van der Waals surface area contributed by atoms with Crippen LogP contribution >= 0.6 is 11.3 Å². The molecule has 0 fully saturated rings. The van der Waals surface area contributed by atoms with Crippen molar-refractivity contribution in [3.05, 3.63) is 36.2 Å². The molecular formula is C14H12N4O2S. The largest absolute Gasteiger partial charge is 0.333 e. The first-order valence-electron chi connectivity index (χ1n) is 6.28. The van der Waals surface area contributed by atoms with Gasteiger partial charge in [-0.1, -0.05) is 46.8 Å². The van der Waals surface area contributed by atoms with Crippen LogP contribution in [0.15, 0.2) is 34.9 Å². The molecule has 3 aromatic rings. The lowest BCUT2D eigenvalue weighted by Crippen LogP contribution is -2.04. The maximum Gasteiger partial charge on any atom is 0.270 e. The summed E-state index contributed by atoms with van der Waals surface area (Å²) in [6.45, 7) is 3.20. The third-order valence-corrected chi connectivity index (χ3v) is 3.64. The molecule has 0 atom stereocenters. The van der Waals surface area contributed by atoms with Crippen molar-refractivity contribution in [1.29, 1.82) is 0 Å². The first-order chi connectivity index (χ1) is 10.1. The van der Waals surface area contributed by atoms with Crippen molar-refractivity contribution in [3.8, 4) is 22.0 Å². The molecule has 0 aliphatic rings. The zero-order chi connectivity index (χ0) is 14.8. The predicted molar refractivity (Wildman–Crippen MR) is 79.9 cm³/mol. The van der Waals surface area contributed by atoms with E-state index >= 15 is 0 Å². The molecule has 2 aromatic heterocycles. The fourth-order valence-electron chi connectivity index (χ4n) is 1.85. The summed E-state index contributed by atoms with van der Waals surface area (Å²) >= 11 is 1.31. The predicted octanol–water partition coefficient (Wildman–Crippen LogP) is 3.13. The van der Waals surface area contributed by atoms with Crippen molar-refractivity contribution in [3.63, 3.8) is 0 Å². The van der Waals surface area contributed by atoms with E-state index in [1.54, 1.807) is 6.92 Å². The van der Waals surface area contributed by atoms with Crippen LogP contribution in [0.5, 0.6) is 0 Å². The number of carbonyl (C=O) groups is 1. The molecule has 7 heteroatoms. The summed E-state index contributed by atoms with van der Waals surface area (Å²) in [6.07, 6.45) is 0. The second-order valence-electron chi connectivity index (χ2n) is 4.39. The summed E-state index contributed by atoms with van der Waals surface area (Å²) in [5.41, 5.74) is 1.64. The Balaban J connectivity index is 2.12. The molecule has 2 heterocycles. The van der Waals surface area contributed by atoms with Crippen LogP contribution < -0.4 is 5.32 Å². The van der Waals surface area contributed by atoms with Gasteiger partial charge < -0.3 is 9.84 Å². The van der Waals surface area contributed by atoms with E-state index in [-0.39, 0.29) is 5.91 Å². The molecule has 0 saturated carbocycles. The van der Waals surface area contributed by atoms with Crippen LogP contribution in [0.2, 0.25) is 0 Å². The van der Waals surface area contributed by atoms with E-state index in [1.807, 2.05) is 30.3 Å². The molecule has 6 nitrogen and oxygen atoms in total. The second kappa shape index (κ2) is 5.45. The lowest BCUT2D eigenvalue weighted by Gasteiger charge is -1.97. The van der Waals surface area contributed by atoms with E-state index in [1.165, 1.54) is 18.3 Å². The third-order valence-electron chi connectivity index (χ3n) is 2.68. The third kappa shape index (κ3) is 2.82. The highest BCUT2D eigenvalue weighted by atomic mass is 32.1. The second-order valence-corrected chi connectivity index (χ2v) is 5.39. The van der Waals surface area contributed by atoms with Gasteiger partial charge in [0.05, 0.1) is 5.69 Å². The lowest BCUT2D eigenvalue weighted by molar-refractivity contribution is -0.114. The Morgan fingerprint density at radius 2 is 2.00 bits per heavy atom. The number of nitrogens with zero attached hydrogens (tertiary/aromatic N) is 3. The van der Waals surface area contributed by atoms with Crippen molar-refractivity contribution in [2.45, 2.75) is 13.8 Å². The Bertz CT molecular complexity index is 779. The van der Waals surface area contributed by atoms with Crippen molar-refractivity contribution in [2.75, 3.05) is 5.32 Å². The van der Waals surface area contributed by atoms with Crippen molar-refractivity contribution < 1.29 is 9.32 Å². The van der Waals surface area contributed by atoms with Crippen LogP contribution in [-0.2, 0) is 4.79 Å². The minimum atomic E-state index is -0.170. The number of aryl methyl sites for hydroxylation is 1. The van der Waals surface area contributed by atoms with Gasteiger partial charge in [-0.3, -0.25) is 4.79 Å². The minimum Gasteiger partial charge on any atom is -0.333 e. The van der Waals surface area contributed by atoms with Crippen molar-refractivity contribution >= 4 is 22.4 Å². The van der Waals surface area contributed by atoms with Gasteiger partial charge in [0.1, 0.15) is 4.88 Å². The van der Waals surface area contributed by atoms with Gasteiger partial charge in [-0.05, 0) is 6.92 Å². The summed E-state index contributed by atoms with van der Waals surface area (Å²) in [4.78, 5) is 20.7. The molecule has 0 spiro atoms. The fraction of sp³-hybridized carbons (Fsp3) is 0.143. The maximum atomic E-state index is 11.2. The van der Waals surface area contributed by atoms with Gasteiger partial charge >= 0.3 is 0 Å². The molecule has 0 aliphatic heterocycles. The fourth-order valence-corrected chi connectivity index (χ4v) is 2.81. The number of amides is 1. The highest BCUT2D eigenvalue weighted by Crippen LogP contribution is 2.38. The van der Waals surface area contributed by atoms with Crippen LogP contribution in [0.25, 0.3) is 22.0 Å². The van der Waals surface area contributed by atoms with Gasteiger partial charge in [0.25, 0.3) is 5.89 Å². The minimum absolute atomic E-state index is 0.170. The van der Waals surface area contributed by atoms with E-state index in [0.717, 1.165) is 10.4 Å². The van der Waals surface area contributed by atoms with Crippen LogP contribution in [-0.4, -0.2) is 21.0 Å². The topological polar surface area (TPSA) is 80.9 Å². The van der Waals surface area contributed by atoms with Crippen LogP contribution in [0.4, 0.5) is 5.13 Å². The molecular weight excluding hydrogens is 288 g/mol. The van der Waals surface area contributed by atoms with Crippen molar-refractivity contribution in [1.82, 2.24) is 15.1 Å². The molecule has 1 amide bonds. The molecule has 0 bridgehead atoms. The average molecular weight is 300 g/mol. The average Bonchev–Trinajstić information content (AvgIpc) is 3.05. The van der Waals surface area contributed by atoms with Crippen LogP contribution in [0.1, 0.15) is 12.7 Å². The zero-order valence-electron chi connectivity index (χ0n) is 11.5. The number of hydrogen-bond acceptors (Lipinski definition) is 6. The van der Waals surface area contributed by atoms with Gasteiger partial charge in [-0.2, -0.15) is 4.98 Å². The molecule has 0 saturated heterocycles. The molecule has 1 aromatic carbocycles. The monoisotopic (exact) mass is 300 g/mol. The zero-order valence-corrected chi connectivity index (χ0v) is 12.3. The Labute approximate surface area is 124 Å². The Hall–Kier alpha value is -2.54. The quantitative estimate of drug-likeness (QED) is 0.803.